The lowest BCUT2D eigenvalue weighted by atomic mass is 10.2. The average molecular weight is 273 g/mol. The molecule has 0 aromatic heterocycles. The normalized spacial score (nSPS) is 25.1. The molecule has 3 atom stereocenters. The summed E-state index contributed by atoms with van der Waals surface area (Å²) in [5, 5.41) is 8.97. The molecule has 1 saturated heterocycles. The summed E-state index contributed by atoms with van der Waals surface area (Å²) in [6.45, 7) is 6.55. The summed E-state index contributed by atoms with van der Waals surface area (Å²) in [4.78, 5) is 24.6. The maximum absolute atomic E-state index is 12.2. The van der Waals surface area contributed by atoms with Crippen molar-refractivity contribution in [2.45, 2.75) is 51.9 Å². The van der Waals surface area contributed by atoms with E-state index in [0.717, 1.165) is 12.8 Å². The standard InChI is InChI=1S/C13H23NO5/c1-4-5-6-18-10(3)12(15)14-7-9(2)19-11(8-14)13(16)17/h9-11H,4-8H2,1-3H3,(H,16,17)/t9-,10?,11?/m1/s1. The van der Waals surface area contributed by atoms with Gasteiger partial charge in [0.05, 0.1) is 12.6 Å². The maximum atomic E-state index is 12.2. The lowest BCUT2D eigenvalue weighted by Gasteiger charge is -2.36. The number of morpholine rings is 1. The smallest absolute Gasteiger partial charge is 0.334 e. The van der Waals surface area contributed by atoms with Crippen LogP contribution < -0.4 is 0 Å². The summed E-state index contributed by atoms with van der Waals surface area (Å²) in [6.07, 6.45) is 0.161. The molecule has 2 unspecified atom stereocenters. The molecule has 0 aromatic rings. The van der Waals surface area contributed by atoms with Gasteiger partial charge in [-0.25, -0.2) is 4.79 Å². The third-order valence-corrected chi connectivity index (χ3v) is 3.06. The molecule has 1 heterocycles. The molecule has 1 aliphatic heterocycles. The molecule has 0 radical (unpaired) electrons. The number of carboxylic acids is 1. The summed E-state index contributed by atoms with van der Waals surface area (Å²) in [6, 6.07) is 0. The van der Waals surface area contributed by atoms with Crippen molar-refractivity contribution in [3.05, 3.63) is 0 Å². The van der Waals surface area contributed by atoms with Crippen LogP contribution >= 0.6 is 0 Å². The molecule has 6 nitrogen and oxygen atoms in total. The summed E-state index contributed by atoms with van der Waals surface area (Å²) in [5.74, 6) is -1.21. The monoisotopic (exact) mass is 273 g/mol. The summed E-state index contributed by atoms with van der Waals surface area (Å²) in [5.41, 5.74) is 0. The van der Waals surface area contributed by atoms with E-state index in [4.69, 9.17) is 14.6 Å². The van der Waals surface area contributed by atoms with Crippen molar-refractivity contribution in [1.29, 1.82) is 0 Å². The number of ether oxygens (including phenoxy) is 2. The van der Waals surface area contributed by atoms with E-state index < -0.39 is 18.2 Å². The van der Waals surface area contributed by atoms with Crippen molar-refractivity contribution >= 4 is 11.9 Å². The van der Waals surface area contributed by atoms with E-state index in [2.05, 4.69) is 6.92 Å². The van der Waals surface area contributed by atoms with Crippen molar-refractivity contribution in [3.8, 4) is 0 Å². The van der Waals surface area contributed by atoms with E-state index in [1.165, 1.54) is 4.90 Å². The van der Waals surface area contributed by atoms with Gasteiger partial charge in [-0.15, -0.1) is 0 Å². The van der Waals surface area contributed by atoms with Gasteiger partial charge in [0.2, 0.25) is 0 Å². The number of carboxylic acid groups (broad SMARTS) is 1. The summed E-state index contributed by atoms with van der Waals surface area (Å²) >= 11 is 0. The van der Waals surface area contributed by atoms with Crippen molar-refractivity contribution < 1.29 is 24.2 Å². The first kappa shape index (κ1) is 15.9. The second-order valence-corrected chi connectivity index (χ2v) is 4.88. The Balaban J connectivity index is 2.52. The van der Waals surface area contributed by atoms with E-state index >= 15 is 0 Å². The van der Waals surface area contributed by atoms with Crippen molar-refractivity contribution in [2.24, 2.45) is 0 Å². The van der Waals surface area contributed by atoms with E-state index in [-0.39, 0.29) is 18.6 Å². The molecule has 0 aliphatic carbocycles. The Kier molecular flexibility index (Phi) is 6.24. The highest BCUT2D eigenvalue weighted by Gasteiger charge is 2.34. The third kappa shape index (κ3) is 4.80. The second kappa shape index (κ2) is 7.45. The number of unbranched alkanes of at least 4 members (excludes halogenated alkanes) is 1. The number of aliphatic carboxylic acids is 1. The minimum absolute atomic E-state index is 0.0833. The number of rotatable bonds is 6. The van der Waals surface area contributed by atoms with Gasteiger partial charge in [-0.2, -0.15) is 0 Å². The molecule has 1 fully saturated rings. The highest BCUT2D eigenvalue weighted by Crippen LogP contribution is 2.13. The van der Waals surface area contributed by atoms with Crippen molar-refractivity contribution in [3.63, 3.8) is 0 Å². The van der Waals surface area contributed by atoms with Gasteiger partial charge in [-0.3, -0.25) is 4.79 Å². The second-order valence-electron chi connectivity index (χ2n) is 4.88. The topological polar surface area (TPSA) is 76.1 Å². The van der Waals surface area contributed by atoms with E-state index in [0.29, 0.717) is 13.2 Å². The van der Waals surface area contributed by atoms with E-state index in [9.17, 15) is 9.59 Å². The zero-order chi connectivity index (χ0) is 14.4. The molecule has 19 heavy (non-hydrogen) atoms. The van der Waals surface area contributed by atoms with Crippen molar-refractivity contribution in [1.82, 2.24) is 4.90 Å². The largest absolute Gasteiger partial charge is 0.479 e. The molecular formula is C13H23NO5. The van der Waals surface area contributed by atoms with Gasteiger partial charge in [0.1, 0.15) is 6.10 Å². The van der Waals surface area contributed by atoms with Gasteiger partial charge in [0.25, 0.3) is 5.91 Å². The van der Waals surface area contributed by atoms with Crippen LogP contribution in [0.15, 0.2) is 0 Å². The quantitative estimate of drug-likeness (QED) is 0.727. The first-order chi connectivity index (χ1) is 8.95. The third-order valence-electron chi connectivity index (χ3n) is 3.06. The van der Waals surface area contributed by atoms with Crippen LogP contribution in [0.3, 0.4) is 0 Å². The van der Waals surface area contributed by atoms with Crippen LogP contribution in [0.2, 0.25) is 0 Å². The highest BCUT2D eigenvalue weighted by molar-refractivity contribution is 5.82. The molecule has 0 spiro atoms. The molecule has 0 bridgehead atoms. The Morgan fingerprint density at radius 1 is 1.47 bits per heavy atom. The molecule has 0 aromatic carbocycles. The highest BCUT2D eigenvalue weighted by atomic mass is 16.5. The predicted molar refractivity (Wildman–Crippen MR) is 68.9 cm³/mol. The molecule has 110 valence electrons. The van der Waals surface area contributed by atoms with Gasteiger partial charge >= 0.3 is 5.97 Å². The Morgan fingerprint density at radius 3 is 2.74 bits per heavy atom. The Labute approximate surface area is 113 Å². The molecule has 1 rings (SSSR count). The van der Waals surface area contributed by atoms with E-state index in [1.54, 1.807) is 13.8 Å². The summed E-state index contributed by atoms with van der Waals surface area (Å²) < 4.78 is 10.7. The van der Waals surface area contributed by atoms with Crippen LogP contribution in [0.25, 0.3) is 0 Å². The number of hydrogen-bond donors (Lipinski definition) is 1. The fourth-order valence-electron chi connectivity index (χ4n) is 2.00. The minimum atomic E-state index is -1.04. The van der Waals surface area contributed by atoms with Crippen LogP contribution in [0.1, 0.15) is 33.6 Å². The number of hydrogen-bond acceptors (Lipinski definition) is 4. The SMILES string of the molecule is CCCCOC(C)C(=O)N1CC(C(=O)O)O[C@H](C)C1. The Morgan fingerprint density at radius 2 is 2.16 bits per heavy atom. The number of nitrogens with zero attached hydrogens (tertiary/aromatic N) is 1. The summed E-state index contributed by atoms with van der Waals surface area (Å²) in [7, 11) is 0. The fourth-order valence-corrected chi connectivity index (χ4v) is 2.00. The number of carbonyl (C=O) groups excluding carboxylic acids is 1. The number of amides is 1. The van der Waals surface area contributed by atoms with Crippen molar-refractivity contribution in [2.75, 3.05) is 19.7 Å². The molecular weight excluding hydrogens is 250 g/mol. The van der Waals surface area contributed by atoms with E-state index in [1.807, 2.05) is 0 Å². The van der Waals surface area contributed by atoms with Crippen LogP contribution in [-0.4, -0.2) is 59.9 Å². The Hall–Kier alpha value is -1.14. The lowest BCUT2D eigenvalue weighted by Crippen LogP contribution is -2.54. The molecule has 1 amide bonds. The predicted octanol–water partition coefficient (Wildman–Crippen LogP) is 0.892. The van der Waals surface area contributed by atoms with Gasteiger partial charge in [0, 0.05) is 13.2 Å². The molecule has 1 aliphatic rings. The fraction of sp³-hybridized carbons (Fsp3) is 0.846. The molecule has 6 heteroatoms. The van der Waals surface area contributed by atoms with Gasteiger partial charge < -0.3 is 19.5 Å². The molecule has 0 saturated carbocycles. The van der Waals surface area contributed by atoms with Crippen LogP contribution in [0.4, 0.5) is 0 Å². The molecule has 1 N–H and O–H groups in total. The van der Waals surface area contributed by atoms with Gasteiger partial charge in [-0.1, -0.05) is 13.3 Å². The van der Waals surface area contributed by atoms with Crippen LogP contribution in [-0.2, 0) is 19.1 Å². The first-order valence-corrected chi connectivity index (χ1v) is 6.74. The lowest BCUT2D eigenvalue weighted by molar-refractivity contribution is -0.170. The first-order valence-electron chi connectivity index (χ1n) is 6.74. The zero-order valence-corrected chi connectivity index (χ0v) is 11.8. The minimum Gasteiger partial charge on any atom is -0.479 e. The Bertz CT molecular complexity index is 320. The number of carbonyl (C=O) groups is 2. The average Bonchev–Trinajstić information content (AvgIpc) is 2.37. The maximum Gasteiger partial charge on any atom is 0.334 e. The van der Waals surface area contributed by atoms with Crippen LogP contribution in [0, 0.1) is 0 Å². The zero-order valence-electron chi connectivity index (χ0n) is 11.8. The van der Waals surface area contributed by atoms with Gasteiger partial charge in [-0.05, 0) is 20.3 Å². The van der Waals surface area contributed by atoms with Crippen LogP contribution in [0.5, 0.6) is 0 Å². The van der Waals surface area contributed by atoms with Gasteiger partial charge in [0.15, 0.2) is 6.10 Å².